The standard InChI is InChI=1S/C15H17BrClN3O3S/c1-9-15(10(2)19(3)18-9)20(24(4,22)23)14(21)8-11-7-12(17)5-6-13(11)16/h5-7H,8H2,1-4H3. The van der Waals surface area contributed by atoms with Crippen LogP contribution in [0.1, 0.15) is 17.0 Å². The van der Waals surface area contributed by atoms with Gasteiger partial charge in [-0.25, -0.2) is 12.7 Å². The van der Waals surface area contributed by atoms with Gasteiger partial charge in [0.05, 0.1) is 24.1 Å². The first-order chi connectivity index (χ1) is 11.0. The highest BCUT2D eigenvalue weighted by atomic mass is 79.9. The van der Waals surface area contributed by atoms with Gasteiger partial charge >= 0.3 is 0 Å². The molecule has 1 aromatic heterocycles. The Hall–Kier alpha value is -1.38. The molecular formula is C15H17BrClN3O3S. The summed E-state index contributed by atoms with van der Waals surface area (Å²) in [5, 5.41) is 4.67. The van der Waals surface area contributed by atoms with Crippen LogP contribution in [-0.2, 0) is 28.3 Å². The zero-order valence-electron chi connectivity index (χ0n) is 13.7. The SMILES string of the molecule is Cc1nn(C)c(C)c1N(C(=O)Cc1cc(Cl)ccc1Br)S(C)(=O)=O. The van der Waals surface area contributed by atoms with Gasteiger partial charge in [0.1, 0.15) is 5.69 Å². The average Bonchev–Trinajstić information content (AvgIpc) is 2.68. The minimum absolute atomic E-state index is 0.109. The summed E-state index contributed by atoms with van der Waals surface area (Å²) < 4.78 is 27.6. The van der Waals surface area contributed by atoms with Crippen LogP contribution in [-0.4, -0.2) is 30.4 Å². The number of carbonyl (C=O) groups excluding carboxylic acids is 1. The van der Waals surface area contributed by atoms with Crippen molar-refractivity contribution in [3.05, 3.63) is 44.6 Å². The molecule has 6 nitrogen and oxygen atoms in total. The summed E-state index contributed by atoms with van der Waals surface area (Å²) in [7, 11) is -2.11. The van der Waals surface area contributed by atoms with Crippen LogP contribution in [0.25, 0.3) is 0 Å². The first-order valence-electron chi connectivity index (χ1n) is 6.99. The summed E-state index contributed by atoms with van der Waals surface area (Å²) in [5.41, 5.74) is 1.97. The van der Waals surface area contributed by atoms with E-state index in [4.69, 9.17) is 11.6 Å². The predicted octanol–water partition coefficient (Wildman–Crippen LogP) is 2.99. The lowest BCUT2D eigenvalue weighted by Gasteiger charge is -2.21. The smallest absolute Gasteiger partial charge is 0.245 e. The molecule has 0 spiro atoms. The first-order valence-corrected chi connectivity index (χ1v) is 10.0. The lowest BCUT2D eigenvalue weighted by Crippen LogP contribution is -2.38. The van der Waals surface area contributed by atoms with Gasteiger partial charge in [0.25, 0.3) is 0 Å². The Morgan fingerprint density at radius 2 is 2.00 bits per heavy atom. The lowest BCUT2D eigenvalue weighted by molar-refractivity contribution is -0.116. The van der Waals surface area contributed by atoms with Crippen molar-refractivity contribution in [2.24, 2.45) is 7.05 Å². The molecule has 0 bridgehead atoms. The minimum atomic E-state index is -3.81. The zero-order chi connectivity index (χ0) is 18.2. The van der Waals surface area contributed by atoms with Crippen LogP contribution >= 0.6 is 27.5 Å². The molecule has 0 radical (unpaired) electrons. The van der Waals surface area contributed by atoms with Crippen LogP contribution in [0, 0.1) is 13.8 Å². The fraction of sp³-hybridized carbons (Fsp3) is 0.333. The Morgan fingerprint density at radius 3 is 2.50 bits per heavy atom. The molecule has 1 amide bonds. The van der Waals surface area contributed by atoms with Gasteiger partial charge in [0.15, 0.2) is 0 Å². The highest BCUT2D eigenvalue weighted by Gasteiger charge is 2.30. The van der Waals surface area contributed by atoms with Gasteiger partial charge in [0, 0.05) is 16.5 Å². The molecule has 9 heteroatoms. The van der Waals surface area contributed by atoms with Crippen molar-refractivity contribution in [3.8, 4) is 0 Å². The number of hydrogen-bond acceptors (Lipinski definition) is 4. The van der Waals surface area contributed by atoms with Crippen molar-refractivity contribution in [3.63, 3.8) is 0 Å². The molecule has 0 aliphatic rings. The van der Waals surface area contributed by atoms with Gasteiger partial charge < -0.3 is 0 Å². The largest absolute Gasteiger partial charge is 0.273 e. The molecule has 0 aliphatic heterocycles. The number of aryl methyl sites for hydroxylation is 2. The number of hydrogen-bond donors (Lipinski definition) is 0. The molecule has 0 saturated heterocycles. The third kappa shape index (κ3) is 3.81. The number of halogens is 2. The third-order valence-electron chi connectivity index (χ3n) is 3.58. The van der Waals surface area contributed by atoms with E-state index in [2.05, 4.69) is 21.0 Å². The van der Waals surface area contributed by atoms with Crippen molar-refractivity contribution < 1.29 is 13.2 Å². The summed E-state index contributed by atoms with van der Waals surface area (Å²) >= 11 is 9.32. The van der Waals surface area contributed by atoms with E-state index >= 15 is 0 Å². The zero-order valence-corrected chi connectivity index (χ0v) is 16.8. The Labute approximate surface area is 154 Å². The molecule has 0 unspecified atom stereocenters. The summed E-state index contributed by atoms with van der Waals surface area (Å²) in [4.78, 5) is 12.8. The Kier molecular flexibility index (Phi) is 5.41. The number of sulfonamides is 1. The number of rotatable bonds is 4. The van der Waals surface area contributed by atoms with Crippen LogP contribution < -0.4 is 4.31 Å². The molecule has 0 N–H and O–H groups in total. The number of aromatic nitrogens is 2. The molecule has 0 fully saturated rings. The Morgan fingerprint density at radius 1 is 1.38 bits per heavy atom. The van der Waals surface area contributed by atoms with Gasteiger partial charge in [-0.1, -0.05) is 27.5 Å². The Balaban J connectivity index is 2.50. The fourth-order valence-electron chi connectivity index (χ4n) is 2.45. The van der Waals surface area contributed by atoms with Gasteiger partial charge in [0.2, 0.25) is 15.9 Å². The van der Waals surface area contributed by atoms with E-state index in [1.165, 1.54) is 0 Å². The van der Waals surface area contributed by atoms with E-state index in [9.17, 15) is 13.2 Å². The molecule has 130 valence electrons. The first kappa shape index (κ1) is 19.0. The summed E-state index contributed by atoms with van der Waals surface area (Å²) in [6, 6.07) is 5.03. The molecule has 24 heavy (non-hydrogen) atoms. The maximum absolute atomic E-state index is 12.8. The molecular weight excluding hydrogens is 418 g/mol. The molecule has 2 aromatic rings. The van der Waals surface area contributed by atoms with Crippen molar-refractivity contribution in [1.29, 1.82) is 0 Å². The van der Waals surface area contributed by atoms with Crippen LogP contribution in [0.15, 0.2) is 22.7 Å². The maximum atomic E-state index is 12.8. The van der Waals surface area contributed by atoms with E-state index in [-0.39, 0.29) is 6.42 Å². The number of anilines is 1. The van der Waals surface area contributed by atoms with Crippen LogP contribution in [0.2, 0.25) is 5.02 Å². The lowest BCUT2D eigenvalue weighted by atomic mass is 10.1. The second-order valence-electron chi connectivity index (χ2n) is 5.48. The number of amides is 1. The molecule has 0 saturated carbocycles. The molecule has 0 atom stereocenters. The molecule has 2 rings (SSSR count). The third-order valence-corrected chi connectivity index (χ3v) is 5.64. The van der Waals surface area contributed by atoms with E-state index in [0.29, 0.717) is 32.1 Å². The average molecular weight is 435 g/mol. The highest BCUT2D eigenvalue weighted by Crippen LogP contribution is 2.28. The molecule has 1 aromatic carbocycles. The van der Waals surface area contributed by atoms with Gasteiger partial charge in [-0.2, -0.15) is 5.10 Å². The van der Waals surface area contributed by atoms with Gasteiger partial charge in [-0.15, -0.1) is 0 Å². The topological polar surface area (TPSA) is 72.3 Å². The Bertz CT molecular complexity index is 909. The fourth-order valence-corrected chi connectivity index (χ4v) is 4.06. The van der Waals surface area contributed by atoms with Crippen LogP contribution in [0.5, 0.6) is 0 Å². The van der Waals surface area contributed by atoms with Gasteiger partial charge in [-0.3, -0.25) is 9.48 Å². The summed E-state index contributed by atoms with van der Waals surface area (Å²) in [6.07, 6.45) is 0.895. The van der Waals surface area contributed by atoms with E-state index < -0.39 is 15.9 Å². The van der Waals surface area contributed by atoms with Crippen molar-refractivity contribution in [2.45, 2.75) is 20.3 Å². The van der Waals surface area contributed by atoms with Gasteiger partial charge in [-0.05, 0) is 37.6 Å². The van der Waals surface area contributed by atoms with Crippen LogP contribution in [0.4, 0.5) is 5.69 Å². The summed E-state index contributed by atoms with van der Waals surface area (Å²) in [6.45, 7) is 3.39. The number of carbonyl (C=O) groups is 1. The van der Waals surface area contributed by atoms with Crippen molar-refractivity contribution in [1.82, 2.24) is 9.78 Å². The van der Waals surface area contributed by atoms with E-state index in [1.807, 2.05) is 0 Å². The van der Waals surface area contributed by atoms with E-state index in [0.717, 1.165) is 10.6 Å². The maximum Gasteiger partial charge on any atom is 0.245 e. The normalized spacial score (nSPS) is 11.6. The summed E-state index contributed by atoms with van der Waals surface area (Å²) in [5.74, 6) is -0.570. The highest BCUT2D eigenvalue weighted by molar-refractivity contribution is 9.10. The van der Waals surface area contributed by atoms with Crippen LogP contribution in [0.3, 0.4) is 0 Å². The predicted molar refractivity (Wildman–Crippen MR) is 97.9 cm³/mol. The molecule has 0 aliphatic carbocycles. The molecule has 1 heterocycles. The second-order valence-corrected chi connectivity index (χ2v) is 8.60. The van der Waals surface area contributed by atoms with Crippen molar-refractivity contribution >= 4 is 49.1 Å². The van der Waals surface area contributed by atoms with Crippen molar-refractivity contribution in [2.75, 3.05) is 10.6 Å². The van der Waals surface area contributed by atoms with E-state index in [1.54, 1.807) is 43.8 Å². The second kappa shape index (κ2) is 6.85. The monoisotopic (exact) mass is 433 g/mol. The minimum Gasteiger partial charge on any atom is -0.273 e. The number of nitrogens with zero attached hydrogens (tertiary/aromatic N) is 3. The number of benzene rings is 1. The quantitative estimate of drug-likeness (QED) is 0.741.